The number of nitrogens with zero attached hydrogens (tertiary/aromatic N) is 4. The summed E-state index contributed by atoms with van der Waals surface area (Å²) in [5.41, 5.74) is 4.64. The van der Waals surface area contributed by atoms with Crippen LogP contribution in [-0.4, -0.2) is 25.2 Å². The summed E-state index contributed by atoms with van der Waals surface area (Å²) < 4.78 is 1.88. The van der Waals surface area contributed by atoms with E-state index in [1.165, 1.54) is 0 Å². The lowest BCUT2D eigenvalue weighted by atomic mass is 10.1. The quantitative estimate of drug-likeness (QED) is 0.478. The molecule has 86 valence electrons. The van der Waals surface area contributed by atoms with E-state index in [1.807, 2.05) is 24.0 Å². The van der Waals surface area contributed by atoms with Crippen LogP contribution in [0, 0.1) is 0 Å². The van der Waals surface area contributed by atoms with Gasteiger partial charge in [0, 0.05) is 12.7 Å². The zero-order valence-electron chi connectivity index (χ0n) is 9.09. The Labute approximate surface area is 93.0 Å². The van der Waals surface area contributed by atoms with Crippen molar-refractivity contribution in [1.82, 2.24) is 30.6 Å². The molecule has 7 nitrogen and oxygen atoms in total. The minimum atomic E-state index is -0.0479. The van der Waals surface area contributed by atoms with Gasteiger partial charge in [-0.2, -0.15) is 20.5 Å². The lowest BCUT2D eigenvalue weighted by Gasteiger charge is -2.10. The number of nitrogens with one attached hydrogen (secondary N) is 2. The molecule has 0 saturated heterocycles. The third kappa shape index (κ3) is 2.26. The minimum Gasteiger partial charge on any atom is -0.273 e. The van der Waals surface area contributed by atoms with Crippen LogP contribution in [0.1, 0.15) is 24.2 Å². The summed E-state index contributed by atoms with van der Waals surface area (Å²) in [6.07, 6.45) is 6.25. The molecule has 16 heavy (non-hydrogen) atoms. The SMILES string of the molecule is CCn1cc(CC(NN)c2cn[nH]n2)cn1. The maximum Gasteiger partial charge on any atom is 0.101 e. The van der Waals surface area contributed by atoms with Gasteiger partial charge in [0.05, 0.1) is 18.4 Å². The first kappa shape index (κ1) is 10.8. The first-order chi connectivity index (χ1) is 7.83. The highest BCUT2D eigenvalue weighted by atomic mass is 15.3. The van der Waals surface area contributed by atoms with Crippen LogP contribution >= 0.6 is 0 Å². The highest BCUT2D eigenvalue weighted by Gasteiger charge is 2.14. The molecular formula is C9H15N7. The molecule has 0 aromatic carbocycles. The first-order valence-corrected chi connectivity index (χ1v) is 5.16. The summed E-state index contributed by atoms with van der Waals surface area (Å²) in [4.78, 5) is 0. The van der Waals surface area contributed by atoms with Gasteiger partial charge in [-0.25, -0.2) is 0 Å². The third-order valence-corrected chi connectivity index (χ3v) is 2.44. The molecule has 4 N–H and O–H groups in total. The Morgan fingerprint density at radius 2 is 2.44 bits per heavy atom. The summed E-state index contributed by atoms with van der Waals surface area (Å²) in [7, 11) is 0. The molecule has 0 aliphatic rings. The molecule has 1 atom stereocenters. The van der Waals surface area contributed by atoms with Crippen LogP contribution in [0.5, 0.6) is 0 Å². The Kier molecular flexibility index (Phi) is 3.28. The van der Waals surface area contributed by atoms with Crippen LogP contribution in [0.25, 0.3) is 0 Å². The molecule has 0 amide bonds. The second-order valence-corrected chi connectivity index (χ2v) is 3.52. The molecule has 0 bridgehead atoms. The van der Waals surface area contributed by atoms with Crippen LogP contribution in [0.4, 0.5) is 0 Å². The molecule has 2 aromatic rings. The van der Waals surface area contributed by atoms with Gasteiger partial charge in [0.25, 0.3) is 0 Å². The number of nitrogens with two attached hydrogens (primary N) is 1. The number of hydrogen-bond donors (Lipinski definition) is 3. The first-order valence-electron chi connectivity index (χ1n) is 5.16. The lowest BCUT2D eigenvalue weighted by Crippen LogP contribution is -2.29. The fourth-order valence-electron chi connectivity index (χ4n) is 1.55. The van der Waals surface area contributed by atoms with Gasteiger partial charge >= 0.3 is 0 Å². The van der Waals surface area contributed by atoms with Crippen molar-refractivity contribution in [3.63, 3.8) is 0 Å². The topological polar surface area (TPSA) is 97.4 Å². The van der Waals surface area contributed by atoms with E-state index in [9.17, 15) is 0 Å². The molecule has 0 aliphatic carbocycles. The van der Waals surface area contributed by atoms with Crippen LogP contribution < -0.4 is 11.3 Å². The lowest BCUT2D eigenvalue weighted by molar-refractivity contribution is 0.536. The maximum atomic E-state index is 5.49. The summed E-state index contributed by atoms with van der Waals surface area (Å²) in [5, 5.41) is 14.5. The summed E-state index contributed by atoms with van der Waals surface area (Å²) in [6.45, 7) is 2.91. The number of aromatic amines is 1. The second-order valence-electron chi connectivity index (χ2n) is 3.52. The van der Waals surface area contributed by atoms with E-state index in [4.69, 9.17) is 5.84 Å². The average Bonchev–Trinajstić information content (AvgIpc) is 2.96. The van der Waals surface area contributed by atoms with Crippen molar-refractivity contribution in [2.75, 3.05) is 0 Å². The predicted octanol–water partition coefficient (Wildman–Crippen LogP) is -0.232. The van der Waals surface area contributed by atoms with Crippen LogP contribution in [-0.2, 0) is 13.0 Å². The maximum absolute atomic E-state index is 5.49. The van der Waals surface area contributed by atoms with Crippen molar-refractivity contribution in [2.24, 2.45) is 5.84 Å². The van der Waals surface area contributed by atoms with Crippen molar-refractivity contribution in [2.45, 2.75) is 25.9 Å². The molecule has 0 saturated carbocycles. The number of H-pyrrole nitrogens is 1. The van der Waals surface area contributed by atoms with Gasteiger partial charge in [0.15, 0.2) is 0 Å². The number of hydrogen-bond acceptors (Lipinski definition) is 5. The standard InChI is InChI=1S/C9H15N7/c1-2-16-6-7(4-12-16)3-8(13-10)9-5-11-15-14-9/h4-6,8,13H,2-3,10H2,1H3,(H,11,14,15). The summed E-state index contributed by atoms with van der Waals surface area (Å²) in [5.74, 6) is 5.49. The summed E-state index contributed by atoms with van der Waals surface area (Å²) in [6, 6.07) is -0.0479. The van der Waals surface area contributed by atoms with Crippen LogP contribution in [0.2, 0.25) is 0 Å². The zero-order valence-corrected chi connectivity index (χ0v) is 9.09. The van der Waals surface area contributed by atoms with Crippen molar-refractivity contribution in [3.05, 3.63) is 29.8 Å². The molecule has 2 aromatic heterocycles. The fourth-order valence-corrected chi connectivity index (χ4v) is 1.55. The van der Waals surface area contributed by atoms with E-state index < -0.39 is 0 Å². The molecule has 0 radical (unpaired) electrons. The van der Waals surface area contributed by atoms with Gasteiger partial charge in [0.2, 0.25) is 0 Å². The van der Waals surface area contributed by atoms with Crippen LogP contribution in [0.3, 0.4) is 0 Å². The van der Waals surface area contributed by atoms with Gasteiger partial charge in [0.1, 0.15) is 5.69 Å². The number of hydrazine groups is 1. The third-order valence-electron chi connectivity index (χ3n) is 2.44. The Morgan fingerprint density at radius 1 is 1.56 bits per heavy atom. The van der Waals surface area contributed by atoms with Gasteiger partial charge in [-0.3, -0.25) is 16.0 Å². The number of aromatic nitrogens is 5. The monoisotopic (exact) mass is 221 g/mol. The molecular weight excluding hydrogens is 206 g/mol. The zero-order chi connectivity index (χ0) is 11.4. The van der Waals surface area contributed by atoms with Crippen LogP contribution in [0.15, 0.2) is 18.6 Å². The normalized spacial score (nSPS) is 12.9. The predicted molar refractivity (Wildman–Crippen MR) is 58.1 cm³/mol. The smallest absolute Gasteiger partial charge is 0.101 e. The van der Waals surface area contributed by atoms with E-state index in [-0.39, 0.29) is 6.04 Å². The van der Waals surface area contributed by atoms with Gasteiger partial charge < -0.3 is 0 Å². The fraction of sp³-hybridized carbons (Fsp3) is 0.444. The Morgan fingerprint density at radius 3 is 3.00 bits per heavy atom. The van der Waals surface area contributed by atoms with Crippen molar-refractivity contribution in [1.29, 1.82) is 0 Å². The molecule has 1 unspecified atom stereocenters. The van der Waals surface area contributed by atoms with Crippen molar-refractivity contribution >= 4 is 0 Å². The van der Waals surface area contributed by atoms with E-state index in [2.05, 4.69) is 25.9 Å². The van der Waals surface area contributed by atoms with E-state index in [0.29, 0.717) is 0 Å². The van der Waals surface area contributed by atoms with Gasteiger partial charge in [-0.05, 0) is 18.9 Å². The van der Waals surface area contributed by atoms with E-state index >= 15 is 0 Å². The minimum absolute atomic E-state index is 0.0479. The Balaban J connectivity index is 2.07. The van der Waals surface area contributed by atoms with Gasteiger partial charge in [-0.15, -0.1) is 0 Å². The highest BCUT2D eigenvalue weighted by Crippen LogP contribution is 2.13. The van der Waals surface area contributed by atoms with Gasteiger partial charge in [-0.1, -0.05) is 0 Å². The molecule has 2 heterocycles. The highest BCUT2D eigenvalue weighted by molar-refractivity contribution is 5.11. The summed E-state index contributed by atoms with van der Waals surface area (Å²) >= 11 is 0. The molecule has 2 rings (SSSR count). The van der Waals surface area contributed by atoms with Crippen molar-refractivity contribution in [3.8, 4) is 0 Å². The van der Waals surface area contributed by atoms with E-state index in [1.54, 1.807) is 6.20 Å². The largest absolute Gasteiger partial charge is 0.273 e. The molecule has 0 spiro atoms. The van der Waals surface area contributed by atoms with Crippen molar-refractivity contribution < 1.29 is 0 Å². The molecule has 7 heteroatoms. The van der Waals surface area contributed by atoms with E-state index in [0.717, 1.165) is 24.2 Å². The Hall–Kier alpha value is -1.73. The molecule has 0 aliphatic heterocycles. The second kappa shape index (κ2) is 4.86. The Bertz CT molecular complexity index is 419. The number of rotatable bonds is 5. The number of aryl methyl sites for hydroxylation is 1. The molecule has 0 fully saturated rings. The average molecular weight is 221 g/mol.